The number of fused-ring (bicyclic) bond motifs is 1. The zero-order valence-electron chi connectivity index (χ0n) is 10.8. The molecule has 1 heterocycles. The highest BCUT2D eigenvalue weighted by Crippen LogP contribution is 2.36. The molecule has 0 fully saturated rings. The SMILES string of the molecule is COC(=O)CNC(=O)N1CC(C(=O)O)c2ccccc21. The molecule has 1 aliphatic heterocycles. The van der Waals surface area contributed by atoms with Crippen LogP contribution < -0.4 is 10.2 Å². The third-order valence-electron chi connectivity index (χ3n) is 3.12. The van der Waals surface area contributed by atoms with Crippen LogP contribution in [-0.2, 0) is 14.3 Å². The van der Waals surface area contributed by atoms with Gasteiger partial charge in [0.15, 0.2) is 0 Å². The summed E-state index contributed by atoms with van der Waals surface area (Å²) in [7, 11) is 1.22. The molecule has 106 valence electrons. The maximum Gasteiger partial charge on any atom is 0.325 e. The average molecular weight is 278 g/mol. The molecule has 0 bridgehead atoms. The number of amides is 2. The standard InChI is InChI=1S/C13H14N2O5/c1-20-11(16)6-14-13(19)15-7-9(12(17)18)8-4-2-3-5-10(8)15/h2-5,9H,6-7H2,1H3,(H,14,19)(H,17,18). The molecule has 1 atom stereocenters. The summed E-state index contributed by atoms with van der Waals surface area (Å²) >= 11 is 0. The summed E-state index contributed by atoms with van der Waals surface area (Å²) in [6.45, 7) is -0.215. The zero-order chi connectivity index (χ0) is 14.7. The molecule has 20 heavy (non-hydrogen) atoms. The minimum atomic E-state index is -0.985. The van der Waals surface area contributed by atoms with Crippen LogP contribution in [0.1, 0.15) is 11.5 Å². The summed E-state index contributed by atoms with van der Waals surface area (Å²) in [5, 5.41) is 11.6. The molecule has 0 aromatic heterocycles. The molecule has 2 rings (SSSR count). The Hall–Kier alpha value is -2.57. The van der Waals surface area contributed by atoms with Crippen LogP contribution in [0.5, 0.6) is 0 Å². The second-order valence-corrected chi connectivity index (χ2v) is 4.30. The molecule has 0 saturated carbocycles. The van der Waals surface area contributed by atoms with E-state index in [1.807, 2.05) is 0 Å². The lowest BCUT2D eigenvalue weighted by Crippen LogP contribution is -2.42. The number of methoxy groups -OCH3 is 1. The monoisotopic (exact) mass is 278 g/mol. The number of anilines is 1. The van der Waals surface area contributed by atoms with E-state index in [0.717, 1.165) is 0 Å². The van der Waals surface area contributed by atoms with Gasteiger partial charge in [0.05, 0.1) is 7.11 Å². The maximum atomic E-state index is 12.0. The predicted molar refractivity (Wildman–Crippen MR) is 69.6 cm³/mol. The van der Waals surface area contributed by atoms with Crippen LogP contribution in [-0.4, -0.2) is 43.3 Å². The fourth-order valence-corrected chi connectivity index (χ4v) is 2.13. The maximum absolute atomic E-state index is 12.0. The Morgan fingerprint density at radius 3 is 2.75 bits per heavy atom. The molecule has 1 unspecified atom stereocenters. The molecule has 1 aromatic carbocycles. The van der Waals surface area contributed by atoms with E-state index >= 15 is 0 Å². The van der Waals surface area contributed by atoms with E-state index in [2.05, 4.69) is 10.1 Å². The summed E-state index contributed by atoms with van der Waals surface area (Å²) in [4.78, 5) is 35.5. The van der Waals surface area contributed by atoms with Gasteiger partial charge in [-0.2, -0.15) is 0 Å². The minimum absolute atomic E-state index is 0.0433. The first-order valence-corrected chi connectivity index (χ1v) is 5.98. The van der Waals surface area contributed by atoms with Gasteiger partial charge in [-0.25, -0.2) is 4.79 Å². The van der Waals surface area contributed by atoms with Gasteiger partial charge >= 0.3 is 18.0 Å². The summed E-state index contributed by atoms with van der Waals surface area (Å²) in [5.41, 5.74) is 1.13. The van der Waals surface area contributed by atoms with Crippen molar-refractivity contribution in [1.29, 1.82) is 0 Å². The van der Waals surface area contributed by atoms with Gasteiger partial charge in [0.2, 0.25) is 0 Å². The van der Waals surface area contributed by atoms with Crippen LogP contribution in [0.3, 0.4) is 0 Å². The van der Waals surface area contributed by atoms with Crippen molar-refractivity contribution in [2.75, 3.05) is 25.1 Å². The topological polar surface area (TPSA) is 95.9 Å². The molecular weight excluding hydrogens is 264 g/mol. The number of rotatable bonds is 3. The molecule has 0 saturated heterocycles. The number of nitrogens with zero attached hydrogens (tertiary/aromatic N) is 1. The number of carbonyl (C=O) groups excluding carboxylic acids is 2. The first kappa shape index (κ1) is 13.9. The van der Waals surface area contributed by atoms with Gasteiger partial charge in [0, 0.05) is 12.2 Å². The van der Waals surface area contributed by atoms with E-state index in [4.69, 9.17) is 0 Å². The van der Waals surface area contributed by atoms with E-state index in [1.54, 1.807) is 24.3 Å². The number of hydrogen-bond acceptors (Lipinski definition) is 4. The third-order valence-corrected chi connectivity index (χ3v) is 3.12. The normalized spacial score (nSPS) is 16.4. The van der Waals surface area contributed by atoms with Crippen molar-refractivity contribution in [3.8, 4) is 0 Å². The number of benzene rings is 1. The molecule has 1 aromatic rings. The summed E-state index contributed by atoms with van der Waals surface area (Å²) in [6, 6.07) is 6.29. The van der Waals surface area contributed by atoms with Crippen LogP contribution in [0.15, 0.2) is 24.3 Å². The van der Waals surface area contributed by atoms with Crippen molar-refractivity contribution in [2.24, 2.45) is 0 Å². The fourth-order valence-electron chi connectivity index (χ4n) is 2.13. The smallest absolute Gasteiger partial charge is 0.325 e. The highest BCUT2D eigenvalue weighted by molar-refractivity contribution is 5.99. The van der Waals surface area contributed by atoms with Gasteiger partial charge in [-0.05, 0) is 11.6 Å². The molecule has 7 nitrogen and oxygen atoms in total. The number of para-hydroxylation sites is 1. The summed E-state index contributed by atoms with van der Waals surface area (Å²) in [5.74, 6) is -2.31. The van der Waals surface area contributed by atoms with E-state index in [-0.39, 0.29) is 13.1 Å². The van der Waals surface area contributed by atoms with Crippen LogP contribution >= 0.6 is 0 Å². The van der Waals surface area contributed by atoms with Gasteiger partial charge < -0.3 is 15.2 Å². The Morgan fingerprint density at radius 2 is 2.10 bits per heavy atom. The second-order valence-electron chi connectivity index (χ2n) is 4.30. The second kappa shape index (κ2) is 5.60. The molecule has 0 radical (unpaired) electrons. The van der Waals surface area contributed by atoms with Crippen LogP contribution in [0.2, 0.25) is 0 Å². The van der Waals surface area contributed by atoms with Gasteiger partial charge in [-0.15, -0.1) is 0 Å². The van der Waals surface area contributed by atoms with E-state index in [1.165, 1.54) is 12.0 Å². The molecule has 2 amide bonds. The molecular formula is C13H14N2O5. The highest BCUT2D eigenvalue weighted by Gasteiger charge is 2.36. The number of hydrogen-bond donors (Lipinski definition) is 2. The number of urea groups is 1. The number of ether oxygens (including phenoxy) is 1. The molecule has 1 aliphatic rings. The van der Waals surface area contributed by atoms with Crippen LogP contribution in [0, 0.1) is 0 Å². The van der Waals surface area contributed by atoms with Crippen molar-refractivity contribution in [3.05, 3.63) is 29.8 Å². The largest absolute Gasteiger partial charge is 0.481 e. The van der Waals surface area contributed by atoms with E-state index < -0.39 is 23.9 Å². The Bertz CT molecular complexity index is 557. The van der Waals surface area contributed by atoms with Crippen molar-refractivity contribution < 1.29 is 24.2 Å². The highest BCUT2D eigenvalue weighted by atomic mass is 16.5. The van der Waals surface area contributed by atoms with Gasteiger partial charge in [-0.1, -0.05) is 18.2 Å². The Morgan fingerprint density at radius 1 is 1.40 bits per heavy atom. The van der Waals surface area contributed by atoms with Crippen LogP contribution in [0.4, 0.5) is 10.5 Å². The van der Waals surface area contributed by atoms with E-state index in [9.17, 15) is 19.5 Å². The first-order chi connectivity index (χ1) is 9.54. The summed E-state index contributed by atoms with van der Waals surface area (Å²) in [6.07, 6.45) is 0. The molecule has 0 spiro atoms. The van der Waals surface area contributed by atoms with Gasteiger partial charge in [0.25, 0.3) is 0 Å². The van der Waals surface area contributed by atoms with Crippen molar-refractivity contribution in [2.45, 2.75) is 5.92 Å². The first-order valence-electron chi connectivity index (χ1n) is 5.98. The minimum Gasteiger partial charge on any atom is -0.481 e. The number of esters is 1. The van der Waals surface area contributed by atoms with Crippen LogP contribution in [0.25, 0.3) is 0 Å². The Balaban J connectivity index is 2.16. The van der Waals surface area contributed by atoms with E-state index in [0.29, 0.717) is 11.3 Å². The lowest BCUT2D eigenvalue weighted by molar-refractivity contribution is -0.140. The predicted octanol–water partition coefficient (Wildman–Crippen LogP) is 0.557. The zero-order valence-corrected chi connectivity index (χ0v) is 10.8. The van der Waals surface area contributed by atoms with Gasteiger partial charge in [-0.3, -0.25) is 14.5 Å². The number of nitrogens with one attached hydrogen (secondary N) is 1. The lowest BCUT2D eigenvalue weighted by Gasteiger charge is -2.17. The molecule has 2 N–H and O–H groups in total. The lowest BCUT2D eigenvalue weighted by atomic mass is 10.0. The summed E-state index contributed by atoms with van der Waals surface area (Å²) < 4.78 is 4.43. The fraction of sp³-hybridized carbons (Fsp3) is 0.308. The third kappa shape index (κ3) is 2.56. The number of carbonyl (C=O) groups is 3. The quantitative estimate of drug-likeness (QED) is 0.787. The average Bonchev–Trinajstić information content (AvgIpc) is 2.84. The van der Waals surface area contributed by atoms with Crippen molar-refractivity contribution in [1.82, 2.24) is 5.32 Å². The Kier molecular flexibility index (Phi) is 3.88. The number of aliphatic carboxylic acids is 1. The molecule has 0 aliphatic carbocycles. The van der Waals surface area contributed by atoms with Gasteiger partial charge in [0.1, 0.15) is 12.5 Å². The number of carboxylic acid groups (broad SMARTS) is 1. The number of carboxylic acids is 1. The van der Waals surface area contributed by atoms with Crippen molar-refractivity contribution >= 4 is 23.7 Å². The molecule has 7 heteroatoms. The van der Waals surface area contributed by atoms with Crippen molar-refractivity contribution in [3.63, 3.8) is 0 Å². The Labute approximate surface area is 115 Å².